The molecule has 226 valence electrons. The molecule has 1 amide bonds. The third-order valence-corrected chi connectivity index (χ3v) is 7.34. The van der Waals surface area contributed by atoms with Crippen LogP contribution in [0.3, 0.4) is 0 Å². The minimum absolute atomic E-state index is 0.00513. The van der Waals surface area contributed by atoms with Crippen LogP contribution in [-0.4, -0.2) is 73.5 Å². The van der Waals surface area contributed by atoms with Gasteiger partial charge in [-0.1, -0.05) is 5.92 Å². The highest BCUT2D eigenvalue weighted by Crippen LogP contribution is 2.25. The highest BCUT2D eigenvalue weighted by atomic mass is 32.1. The lowest BCUT2D eigenvalue weighted by molar-refractivity contribution is -0.148. The number of carboxylic acid groups (broad SMARTS) is 3. The molecule has 9 N–H and O–H groups in total. The van der Waals surface area contributed by atoms with E-state index in [0.29, 0.717) is 21.5 Å². The monoisotopic (exact) mass is 612 g/mol. The van der Waals surface area contributed by atoms with Crippen LogP contribution in [0.15, 0.2) is 34.4 Å². The number of nitrogens with zero attached hydrogens (tertiary/aromatic N) is 2. The van der Waals surface area contributed by atoms with Crippen molar-refractivity contribution in [1.82, 2.24) is 15.3 Å². The van der Waals surface area contributed by atoms with Gasteiger partial charge in [-0.3, -0.25) is 33.8 Å². The molecule has 3 aromatic rings. The molecule has 1 aromatic carbocycles. The van der Waals surface area contributed by atoms with Gasteiger partial charge in [-0.05, 0) is 48.1 Å². The van der Waals surface area contributed by atoms with Crippen LogP contribution < -0.4 is 27.2 Å². The summed E-state index contributed by atoms with van der Waals surface area (Å²) in [6, 6.07) is 2.77. The highest BCUT2D eigenvalue weighted by molar-refractivity contribution is 7.16. The number of amides is 1. The summed E-state index contributed by atoms with van der Waals surface area (Å²) >= 11 is 1.25. The average molecular weight is 613 g/mol. The summed E-state index contributed by atoms with van der Waals surface area (Å²) in [5.41, 5.74) is 11.9. The van der Waals surface area contributed by atoms with Crippen molar-refractivity contribution < 1.29 is 39.3 Å². The fourth-order valence-electron chi connectivity index (χ4n) is 4.25. The number of anilines is 2. The van der Waals surface area contributed by atoms with Crippen molar-refractivity contribution in [2.24, 2.45) is 11.7 Å². The van der Waals surface area contributed by atoms with Crippen molar-refractivity contribution in [2.75, 3.05) is 17.2 Å². The van der Waals surface area contributed by atoms with E-state index in [4.69, 9.17) is 28.1 Å². The molecule has 15 nitrogen and oxygen atoms in total. The average Bonchev–Trinajstić information content (AvgIpc) is 3.35. The molecule has 2 aromatic heterocycles. The summed E-state index contributed by atoms with van der Waals surface area (Å²) in [5, 5.41) is 32.1. The molecule has 0 spiro atoms. The second-order valence-electron chi connectivity index (χ2n) is 9.43. The Kier molecular flexibility index (Phi) is 10.6. The molecule has 2 heterocycles. The number of thiophene rings is 1. The topological polar surface area (TPSA) is 259 Å². The van der Waals surface area contributed by atoms with Crippen LogP contribution in [0.25, 0.3) is 10.2 Å². The molecule has 3 rings (SSSR count). The first-order valence-corrected chi connectivity index (χ1v) is 13.5. The van der Waals surface area contributed by atoms with Crippen LogP contribution in [0.5, 0.6) is 0 Å². The lowest BCUT2D eigenvalue weighted by Crippen LogP contribution is -2.47. The molecular formula is C27H28N6O9S. The van der Waals surface area contributed by atoms with E-state index in [1.54, 1.807) is 22.4 Å². The Morgan fingerprint density at radius 3 is 2.37 bits per heavy atom. The quantitative estimate of drug-likeness (QED) is 0.0897. The van der Waals surface area contributed by atoms with Crippen molar-refractivity contribution in [3.63, 3.8) is 0 Å². The summed E-state index contributed by atoms with van der Waals surface area (Å²) in [4.78, 5) is 81.3. The molecule has 0 aliphatic rings. The number of H-pyrrole nitrogens is 1. The molecule has 0 aliphatic heterocycles. The molecule has 0 saturated heterocycles. The number of nitrogens with one attached hydrogen (secondary N) is 2. The number of fused-ring (bicyclic) bond motifs is 1. The van der Waals surface area contributed by atoms with Gasteiger partial charge in [-0.25, -0.2) is 4.98 Å². The molecule has 0 fully saturated rings. The number of terminal acetylenes is 1. The lowest BCUT2D eigenvalue weighted by Gasteiger charge is -2.23. The van der Waals surface area contributed by atoms with Crippen molar-refractivity contribution in [3.8, 4) is 12.3 Å². The van der Waals surface area contributed by atoms with E-state index in [0.717, 1.165) is 0 Å². The summed E-state index contributed by atoms with van der Waals surface area (Å²) < 4.78 is 0. The van der Waals surface area contributed by atoms with Crippen molar-refractivity contribution in [2.45, 2.75) is 37.9 Å². The molecular weight excluding hydrogens is 584 g/mol. The van der Waals surface area contributed by atoms with Gasteiger partial charge in [0.25, 0.3) is 11.5 Å². The van der Waals surface area contributed by atoms with Gasteiger partial charge in [-0.15, -0.1) is 17.8 Å². The van der Waals surface area contributed by atoms with Crippen LogP contribution in [-0.2, 0) is 25.7 Å². The first-order valence-electron chi connectivity index (χ1n) is 12.6. The van der Waals surface area contributed by atoms with Crippen molar-refractivity contribution >= 4 is 62.8 Å². The van der Waals surface area contributed by atoms with Crippen LogP contribution >= 0.6 is 11.3 Å². The number of Topliss-reactive ketones (excluding diaryl/α,β-unsaturated/α-hetero) is 1. The number of aromatic nitrogens is 2. The molecule has 3 atom stereocenters. The standard InChI is InChI=1S/C27H28N6O9S/c1-2-9-33(11-14-12-43-24-20(14)23(38)31-27(29)32-24)15-5-3-13(4-6-15)22(37)30-18(7-8-19(34)35)21(36)16(25(39)40)10-17(28)26(41)42/h1,3-6,12,16-18H,7-11,28H2,(H,30,37)(H,34,35)(H,39,40)(H,41,42)(H3,29,31,32,38)/t16?,17-,18-/m0/s1. The Hall–Kier alpha value is -5.27. The van der Waals surface area contributed by atoms with Gasteiger partial charge in [0.05, 0.1) is 18.0 Å². The number of hydrogen-bond donors (Lipinski definition) is 7. The number of rotatable bonds is 15. The zero-order valence-electron chi connectivity index (χ0n) is 22.5. The van der Waals surface area contributed by atoms with Gasteiger partial charge in [0.15, 0.2) is 5.78 Å². The molecule has 0 bridgehead atoms. The molecule has 0 saturated carbocycles. The molecule has 0 radical (unpaired) electrons. The van der Waals surface area contributed by atoms with Gasteiger partial charge in [0.2, 0.25) is 5.95 Å². The highest BCUT2D eigenvalue weighted by Gasteiger charge is 2.36. The Balaban J connectivity index is 1.81. The second-order valence-corrected chi connectivity index (χ2v) is 10.3. The number of carbonyl (C=O) groups excluding carboxylic acids is 2. The Morgan fingerprint density at radius 1 is 1.12 bits per heavy atom. The van der Waals surface area contributed by atoms with E-state index >= 15 is 0 Å². The largest absolute Gasteiger partial charge is 0.481 e. The smallest absolute Gasteiger partial charge is 0.320 e. The summed E-state index contributed by atoms with van der Waals surface area (Å²) in [6.45, 7) is 0.370. The van der Waals surface area contributed by atoms with E-state index in [1.807, 2.05) is 0 Å². The van der Waals surface area contributed by atoms with E-state index < -0.39 is 72.4 Å². The SMILES string of the molecule is C#CCN(Cc1csc2nc(N)[nH]c(=O)c12)c1ccc(C(=O)N[C@@H](CCC(=O)O)C(=O)C(C[C@H](N)C(=O)O)C(=O)O)cc1. The first kappa shape index (κ1) is 32.2. The number of aromatic amines is 1. The van der Waals surface area contributed by atoms with Gasteiger partial charge in [0.1, 0.15) is 16.8 Å². The number of nitrogen functional groups attached to an aromatic ring is 1. The Labute approximate surface area is 247 Å². The van der Waals surface area contributed by atoms with E-state index in [1.165, 1.54) is 23.5 Å². The fraction of sp³-hybridized carbons (Fsp3) is 0.296. The minimum atomic E-state index is -1.89. The first-order chi connectivity index (χ1) is 20.3. The zero-order valence-corrected chi connectivity index (χ0v) is 23.3. The van der Waals surface area contributed by atoms with Crippen LogP contribution in [0.2, 0.25) is 0 Å². The fourth-order valence-corrected chi connectivity index (χ4v) is 5.19. The Morgan fingerprint density at radius 2 is 1.79 bits per heavy atom. The summed E-state index contributed by atoms with van der Waals surface area (Å²) in [6.07, 6.45) is 3.79. The van der Waals surface area contributed by atoms with Gasteiger partial charge in [-0.2, -0.15) is 0 Å². The number of nitrogens with two attached hydrogens (primary N) is 2. The third kappa shape index (κ3) is 8.15. The summed E-state index contributed by atoms with van der Waals surface area (Å²) in [5.74, 6) is -5.71. The maximum Gasteiger partial charge on any atom is 0.320 e. The number of aliphatic carboxylic acids is 3. The number of carbonyl (C=O) groups is 5. The lowest BCUT2D eigenvalue weighted by atomic mass is 9.89. The third-order valence-electron chi connectivity index (χ3n) is 6.42. The Bertz CT molecular complexity index is 1640. The van der Waals surface area contributed by atoms with E-state index in [9.17, 15) is 33.9 Å². The van der Waals surface area contributed by atoms with Crippen molar-refractivity contribution in [1.29, 1.82) is 0 Å². The van der Waals surface area contributed by atoms with Gasteiger partial charge in [0, 0.05) is 24.2 Å². The van der Waals surface area contributed by atoms with E-state index in [2.05, 4.69) is 21.2 Å². The predicted molar refractivity (Wildman–Crippen MR) is 155 cm³/mol. The van der Waals surface area contributed by atoms with Gasteiger partial charge >= 0.3 is 17.9 Å². The normalized spacial score (nSPS) is 12.9. The molecule has 0 aliphatic carbocycles. The molecule has 16 heteroatoms. The maximum atomic E-state index is 13.0. The number of ketones is 1. The molecule has 43 heavy (non-hydrogen) atoms. The van der Waals surface area contributed by atoms with E-state index in [-0.39, 0.29) is 24.6 Å². The minimum Gasteiger partial charge on any atom is -0.481 e. The van der Waals surface area contributed by atoms with Crippen LogP contribution in [0.4, 0.5) is 11.6 Å². The molecule has 1 unspecified atom stereocenters. The summed E-state index contributed by atoms with van der Waals surface area (Å²) in [7, 11) is 0. The van der Waals surface area contributed by atoms with Crippen molar-refractivity contribution in [3.05, 3.63) is 51.1 Å². The maximum absolute atomic E-state index is 13.0. The number of benzene rings is 1. The van der Waals surface area contributed by atoms with Gasteiger partial charge < -0.3 is 37.0 Å². The van der Waals surface area contributed by atoms with Crippen LogP contribution in [0, 0.1) is 18.3 Å². The second kappa shape index (κ2) is 14.1. The predicted octanol–water partition coefficient (Wildman–Crippen LogP) is 0.242. The van der Waals surface area contributed by atoms with Crippen LogP contribution in [0.1, 0.15) is 35.2 Å². The number of hydrogen-bond acceptors (Lipinski definition) is 11. The zero-order chi connectivity index (χ0) is 31.8. The number of carboxylic acids is 3.